The standard InChI is InChI=1S/C10H21NO3S/c12-2-3-14-4-6-15-5-1-9-7-11-8-10(9)13/h9-13H,1-8H2/t9-,10-/m0/s1. The van der Waals surface area contributed by atoms with Gasteiger partial charge in [0.05, 0.1) is 25.9 Å². The van der Waals surface area contributed by atoms with Crippen molar-refractivity contribution in [3.8, 4) is 0 Å². The Kier molecular flexibility index (Phi) is 7.38. The van der Waals surface area contributed by atoms with Crippen molar-refractivity contribution in [3.05, 3.63) is 0 Å². The first kappa shape index (κ1) is 13.3. The molecule has 2 atom stereocenters. The SMILES string of the molecule is OCCOCCSCC[C@H]1CNC[C@@H]1O. The van der Waals surface area contributed by atoms with E-state index in [1.54, 1.807) is 0 Å². The zero-order valence-corrected chi connectivity index (χ0v) is 9.84. The van der Waals surface area contributed by atoms with Gasteiger partial charge in [-0.3, -0.25) is 0 Å². The second kappa shape index (κ2) is 8.35. The zero-order valence-electron chi connectivity index (χ0n) is 9.02. The number of thioether (sulfide) groups is 1. The van der Waals surface area contributed by atoms with Gasteiger partial charge in [-0.25, -0.2) is 0 Å². The van der Waals surface area contributed by atoms with E-state index in [9.17, 15) is 5.11 Å². The summed E-state index contributed by atoms with van der Waals surface area (Å²) < 4.78 is 5.14. The normalized spacial score (nSPS) is 26.0. The van der Waals surface area contributed by atoms with Crippen LogP contribution in [0.25, 0.3) is 0 Å². The van der Waals surface area contributed by atoms with Crippen LogP contribution in [0.1, 0.15) is 6.42 Å². The van der Waals surface area contributed by atoms with Gasteiger partial charge in [-0.1, -0.05) is 0 Å². The van der Waals surface area contributed by atoms with Gasteiger partial charge < -0.3 is 20.3 Å². The van der Waals surface area contributed by atoms with Crippen LogP contribution in [0.2, 0.25) is 0 Å². The quantitative estimate of drug-likeness (QED) is 0.504. The van der Waals surface area contributed by atoms with E-state index < -0.39 is 0 Å². The summed E-state index contributed by atoms with van der Waals surface area (Å²) in [6.45, 7) is 2.94. The highest BCUT2D eigenvalue weighted by Crippen LogP contribution is 2.16. The first-order valence-corrected chi connectivity index (χ1v) is 6.65. The van der Waals surface area contributed by atoms with E-state index in [1.807, 2.05) is 11.8 Å². The van der Waals surface area contributed by atoms with Crippen LogP contribution < -0.4 is 5.32 Å². The smallest absolute Gasteiger partial charge is 0.0705 e. The molecule has 0 bridgehead atoms. The molecular weight excluding hydrogens is 214 g/mol. The van der Waals surface area contributed by atoms with Gasteiger partial charge in [-0.05, 0) is 18.1 Å². The molecule has 0 aromatic heterocycles. The molecule has 0 radical (unpaired) electrons. The number of ether oxygens (including phenoxy) is 1. The Hall–Kier alpha value is 0.190. The summed E-state index contributed by atoms with van der Waals surface area (Å²) in [5.41, 5.74) is 0. The molecular formula is C10H21NO3S. The summed E-state index contributed by atoms with van der Waals surface area (Å²) in [4.78, 5) is 0. The maximum Gasteiger partial charge on any atom is 0.0705 e. The molecule has 90 valence electrons. The molecule has 4 nitrogen and oxygen atoms in total. The number of aliphatic hydroxyl groups is 2. The minimum atomic E-state index is -0.156. The molecule has 0 spiro atoms. The Balaban J connectivity index is 1.84. The van der Waals surface area contributed by atoms with Gasteiger partial charge in [0.2, 0.25) is 0 Å². The van der Waals surface area contributed by atoms with Crippen LogP contribution in [0, 0.1) is 5.92 Å². The molecule has 0 aromatic carbocycles. The molecule has 1 heterocycles. The molecule has 0 unspecified atom stereocenters. The van der Waals surface area contributed by atoms with Crippen molar-refractivity contribution >= 4 is 11.8 Å². The van der Waals surface area contributed by atoms with Gasteiger partial charge in [0.25, 0.3) is 0 Å². The minimum Gasteiger partial charge on any atom is -0.394 e. The van der Waals surface area contributed by atoms with E-state index in [4.69, 9.17) is 9.84 Å². The number of hydrogen-bond acceptors (Lipinski definition) is 5. The molecule has 1 aliphatic rings. The van der Waals surface area contributed by atoms with Gasteiger partial charge in [-0.2, -0.15) is 11.8 Å². The Morgan fingerprint density at radius 3 is 2.80 bits per heavy atom. The highest BCUT2D eigenvalue weighted by molar-refractivity contribution is 7.99. The summed E-state index contributed by atoms with van der Waals surface area (Å²) >= 11 is 1.85. The molecule has 0 aromatic rings. The van der Waals surface area contributed by atoms with E-state index in [0.717, 1.165) is 31.0 Å². The van der Waals surface area contributed by atoms with Crippen molar-refractivity contribution in [3.63, 3.8) is 0 Å². The van der Waals surface area contributed by atoms with E-state index in [2.05, 4.69) is 5.32 Å². The predicted molar refractivity (Wildman–Crippen MR) is 62.2 cm³/mol. The van der Waals surface area contributed by atoms with Gasteiger partial charge in [-0.15, -0.1) is 0 Å². The van der Waals surface area contributed by atoms with Crippen LogP contribution in [0.4, 0.5) is 0 Å². The largest absolute Gasteiger partial charge is 0.394 e. The highest BCUT2D eigenvalue weighted by Gasteiger charge is 2.23. The lowest BCUT2D eigenvalue weighted by Gasteiger charge is -2.12. The fraction of sp³-hybridized carbons (Fsp3) is 1.00. The van der Waals surface area contributed by atoms with Crippen LogP contribution >= 0.6 is 11.8 Å². The van der Waals surface area contributed by atoms with Gasteiger partial charge in [0.15, 0.2) is 0 Å². The maximum atomic E-state index is 9.54. The molecule has 1 aliphatic heterocycles. The second-order valence-corrected chi connectivity index (χ2v) is 4.95. The average Bonchev–Trinajstić information content (AvgIpc) is 2.63. The fourth-order valence-electron chi connectivity index (χ4n) is 1.63. The third-order valence-electron chi connectivity index (χ3n) is 2.54. The van der Waals surface area contributed by atoms with Crippen molar-refractivity contribution < 1.29 is 14.9 Å². The lowest BCUT2D eigenvalue weighted by Crippen LogP contribution is -2.18. The van der Waals surface area contributed by atoms with Crippen LogP contribution in [0.15, 0.2) is 0 Å². The third kappa shape index (κ3) is 5.73. The molecule has 1 rings (SSSR count). The fourth-order valence-corrected chi connectivity index (χ4v) is 2.54. The summed E-state index contributed by atoms with van der Waals surface area (Å²) in [5, 5.41) is 21.2. The zero-order chi connectivity index (χ0) is 10.9. The van der Waals surface area contributed by atoms with Gasteiger partial charge in [0.1, 0.15) is 0 Å². The van der Waals surface area contributed by atoms with Crippen molar-refractivity contribution in [1.82, 2.24) is 5.32 Å². The lowest BCUT2D eigenvalue weighted by atomic mass is 10.0. The Morgan fingerprint density at radius 2 is 2.13 bits per heavy atom. The minimum absolute atomic E-state index is 0.102. The summed E-state index contributed by atoms with van der Waals surface area (Å²) in [6, 6.07) is 0. The Bertz CT molecular complexity index is 160. The summed E-state index contributed by atoms with van der Waals surface area (Å²) in [6.07, 6.45) is 0.912. The van der Waals surface area contributed by atoms with Crippen LogP contribution in [0.3, 0.4) is 0 Å². The number of aliphatic hydroxyl groups excluding tert-OH is 2. The van der Waals surface area contributed by atoms with Crippen LogP contribution in [-0.4, -0.2) is 60.7 Å². The van der Waals surface area contributed by atoms with Gasteiger partial charge in [0, 0.05) is 18.8 Å². The topological polar surface area (TPSA) is 61.7 Å². The summed E-state index contributed by atoms with van der Waals surface area (Å²) in [7, 11) is 0. The Labute approximate surface area is 95.4 Å². The highest BCUT2D eigenvalue weighted by atomic mass is 32.2. The first-order valence-electron chi connectivity index (χ1n) is 5.49. The molecule has 1 fully saturated rings. The number of rotatable bonds is 8. The number of β-amino-alcohol motifs (C(OH)–C–C–N with tert-alkyl or cyclic N) is 1. The molecule has 0 aliphatic carbocycles. The van der Waals surface area contributed by atoms with Crippen molar-refractivity contribution in [2.45, 2.75) is 12.5 Å². The predicted octanol–water partition coefficient (Wildman–Crippen LogP) is -0.301. The molecule has 15 heavy (non-hydrogen) atoms. The number of nitrogens with one attached hydrogen (secondary N) is 1. The molecule has 5 heteroatoms. The van der Waals surface area contributed by atoms with Crippen molar-refractivity contribution in [2.75, 3.05) is 44.4 Å². The van der Waals surface area contributed by atoms with E-state index >= 15 is 0 Å². The molecule has 3 N–H and O–H groups in total. The second-order valence-electron chi connectivity index (χ2n) is 3.72. The third-order valence-corrected chi connectivity index (χ3v) is 3.52. The molecule has 0 saturated carbocycles. The monoisotopic (exact) mass is 235 g/mol. The van der Waals surface area contributed by atoms with Crippen molar-refractivity contribution in [2.24, 2.45) is 5.92 Å². The van der Waals surface area contributed by atoms with E-state index in [1.165, 1.54) is 0 Å². The number of hydrogen-bond donors (Lipinski definition) is 3. The van der Waals surface area contributed by atoms with Crippen molar-refractivity contribution in [1.29, 1.82) is 0 Å². The van der Waals surface area contributed by atoms with Crippen LogP contribution in [-0.2, 0) is 4.74 Å². The average molecular weight is 235 g/mol. The first-order chi connectivity index (χ1) is 7.34. The summed E-state index contributed by atoms with van der Waals surface area (Å²) in [5.74, 6) is 2.47. The Morgan fingerprint density at radius 1 is 1.27 bits per heavy atom. The van der Waals surface area contributed by atoms with Crippen LogP contribution in [0.5, 0.6) is 0 Å². The van der Waals surface area contributed by atoms with E-state index in [0.29, 0.717) is 19.1 Å². The maximum absolute atomic E-state index is 9.54. The van der Waals surface area contributed by atoms with E-state index in [-0.39, 0.29) is 12.7 Å². The lowest BCUT2D eigenvalue weighted by molar-refractivity contribution is 0.103. The molecule has 0 amide bonds. The van der Waals surface area contributed by atoms with Gasteiger partial charge >= 0.3 is 0 Å². The molecule has 1 saturated heterocycles.